The Bertz CT molecular complexity index is 413. The van der Waals surface area contributed by atoms with Crippen molar-refractivity contribution in [3.8, 4) is 0 Å². The zero-order valence-electron chi connectivity index (χ0n) is 13.9. The molecule has 0 aliphatic heterocycles. The average Bonchev–Trinajstić information content (AvgIpc) is 2.47. The van der Waals surface area contributed by atoms with Gasteiger partial charge in [0.15, 0.2) is 0 Å². The smallest absolute Gasteiger partial charge is 0.314 e. The van der Waals surface area contributed by atoms with E-state index in [2.05, 4.69) is 32.9 Å². The van der Waals surface area contributed by atoms with Gasteiger partial charge in [-0.2, -0.15) is 0 Å². The number of ether oxygens (including phenoxy) is 1. The summed E-state index contributed by atoms with van der Waals surface area (Å²) >= 11 is 0. The summed E-state index contributed by atoms with van der Waals surface area (Å²) in [6.45, 7) is 6.53. The molecule has 21 heavy (non-hydrogen) atoms. The van der Waals surface area contributed by atoms with E-state index in [-0.39, 0.29) is 11.9 Å². The van der Waals surface area contributed by atoms with Crippen LogP contribution in [-0.2, 0) is 9.53 Å². The highest BCUT2D eigenvalue weighted by molar-refractivity contribution is 5.74. The molecule has 0 radical (unpaired) electrons. The maximum atomic E-state index is 12.5. The van der Waals surface area contributed by atoms with Crippen molar-refractivity contribution in [1.29, 1.82) is 0 Å². The largest absolute Gasteiger partial charge is 0.426 e. The molecule has 0 spiro atoms. The monoisotopic (exact) mass is 290 g/mol. The van der Waals surface area contributed by atoms with Crippen LogP contribution in [0.4, 0.5) is 0 Å². The van der Waals surface area contributed by atoms with Gasteiger partial charge in [-0.15, -0.1) is 0 Å². The van der Waals surface area contributed by atoms with Crippen LogP contribution < -0.4 is 0 Å². The van der Waals surface area contributed by atoms with E-state index < -0.39 is 0 Å². The van der Waals surface area contributed by atoms with E-state index >= 15 is 0 Å². The Morgan fingerprint density at radius 2 is 1.95 bits per heavy atom. The van der Waals surface area contributed by atoms with Gasteiger partial charge in [0.2, 0.25) is 0 Å². The van der Waals surface area contributed by atoms with Crippen molar-refractivity contribution < 1.29 is 9.53 Å². The molecule has 0 bridgehead atoms. The SMILES string of the molecule is CCCC(CCC)C(=O)OC1=CCCC2CCC(C)C=C12. The Labute approximate surface area is 129 Å². The van der Waals surface area contributed by atoms with Crippen LogP contribution in [-0.4, -0.2) is 5.97 Å². The van der Waals surface area contributed by atoms with Crippen molar-refractivity contribution in [3.05, 3.63) is 23.5 Å². The zero-order chi connectivity index (χ0) is 15.2. The summed E-state index contributed by atoms with van der Waals surface area (Å²) in [6.07, 6.45) is 13.2. The standard InChI is InChI=1S/C19H30O2/c1-4-7-16(8-5-2)19(20)21-18-10-6-9-15-12-11-14(3)13-17(15)18/h10,13-16H,4-9,11-12H2,1-3H3. The topological polar surface area (TPSA) is 26.3 Å². The third kappa shape index (κ3) is 4.21. The van der Waals surface area contributed by atoms with Crippen LogP contribution >= 0.6 is 0 Å². The Morgan fingerprint density at radius 1 is 1.24 bits per heavy atom. The molecule has 2 aliphatic carbocycles. The van der Waals surface area contributed by atoms with Gasteiger partial charge in [0.25, 0.3) is 0 Å². The van der Waals surface area contributed by atoms with Crippen molar-refractivity contribution >= 4 is 5.97 Å². The number of hydrogen-bond donors (Lipinski definition) is 0. The molecule has 0 aromatic heterocycles. The van der Waals surface area contributed by atoms with Crippen LogP contribution in [0.25, 0.3) is 0 Å². The van der Waals surface area contributed by atoms with E-state index in [1.54, 1.807) is 0 Å². The molecule has 0 saturated heterocycles. The maximum Gasteiger partial charge on any atom is 0.314 e. The van der Waals surface area contributed by atoms with Crippen LogP contribution in [0.15, 0.2) is 23.5 Å². The maximum absolute atomic E-state index is 12.5. The molecule has 2 heteroatoms. The third-order valence-corrected chi connectivity index (χ3v) is 4.82. The van der Waals surface area contributed by atoms with Crippen molar-refractivity contribution in [2.45, 2.75) is 72.1 Å². The fourth-order valence-corrected chi connectivity index (χ4v) is 3.63. The normalized spacial score (nSPS) is 25.1. The van der Waals surface area contributed by atoms with E-state index in [0.29, 0.717) is 11.8 Å². The number of allylic oxidation sites excluding steroid dienone is 3. The Morgan fingerprint density at radius 3 is 2.62 bits per heavy atom. The van der Waals surface area contributed by atoms with Gasteiger partial charge in [-0.1, -0.05) is 39.7 Å². The van der Waals surface area contributed by atoms with Crippen molar-refractivity contribution in [2.24, 2.45) is 17.8 Å². The molecule has 0 aromatic rings. The minimum Gasteiger partial charge on any atom is -0.426 e. The molecule has 0 aromatic carbocycles. The Kier molecular flexibility index (Phi) is 6.08. The quantitative estimate of drug-likeness (QED) is 0.612. The predicted molar refractivity (Wildman–Crippen MR) is 86.7 cm³/mol. The average molecular weight is 290 g/mol. The van der Waals surface area contributed by atoms with Crippen LogP contribution in [0.1, 0.15) is 72.1 Å². The van der Waals surface area contributed by atoms with E-state index in [0.717, 1.165) is 37.9 Å². The summed E-state index contributed by atoms with van der Waals surface area (Å²) in [5, 5.41) is 0. The van der Waals surface area contributed by atoms with E-state index in [9.17, 15) is 4.79 Å². The molecule has 118 valence electrons. The molecular weight excluding hydrogens is 260 g/mol. The molecular formula is C19H30O2. The molecule has 0 amide bonds. The van der Waals surface area contributed by atoms with E-state index in [4.69, 9.17) is 4.74 Å². The highest BCUT2D eigenvalue weighted by Gasteiger charge is 2.29. The third-order valence-electron chi connectivity index (χ3n) is 4.82. The molecule has 2 nitrogen and oxygen atoms in total. The molecule has 2 aliphatic rings. The number of hydrogen-bond acceptors (Lipinski definition) is 2. The second-order valence-electron chi connectivity index (χ2n) is 6.71. The van der Waals surface area contributed by atoms with Crippen LogP contribution in [0.5, 0.6) is 0 Å². The fraction of sp³-hybridized carbons (Fsp3) is 0.737. The van der Waals surface area contributed by atoms with Crippen LogP contribution in [0.3, 0.4) is 0 Å². The summed E-state index contributed by atoms with van der Waals surface area (Å²) in [7, 11) is 0. The molecule has 0 N–H and O–H groups in total. The van der Waals surface area contributed by atoms with Gasteiger partial charge < -0.3 is 4.74 Å². The van der Waals surface area contributed by atoms with Gasteiger partial charge in [-0.3, -0.25) is 4.79 Å². The molecule has 2 rings (SSSR count). The van der Waals surface area contributed by atoms with Gasteiger partial charge in [-0.25, -0.2) is 0 Å². The van der Waals surface area contributed by atoms with Crippen molar-refractivity contribution in [2.75, 3.05) is 0 Å². The van der Waals surface area contributed by atoms with Gasteiger partial charge in [0.1, 0.15) is 5.76 Å². The first-order valence-electron chi connectivity index (χ1n) is 8.79. The molecule has 0 heterocycles. The van der Waals surface area contributed by atoms with Gasteiger partial charge in [0, 0.05) is 0 Å². The van der Waals surface area contributed by atoms with Crippen molar-refractivity contribution in [3.63, 3.8) is 0 Å². The van der Waals surface area contributed by atoms with Gasteiger partial charge in [0.05, 0.1) is 5.92 Å². The molecule has 0 fully saturated rings. The summed E-state index contributed by atoms with van der Waals surface area (Å²) < 4.78 is 5.83. The highest BCUT2D eigenvalue weighted by Crippen LogP contribution is 2.39. The summed E-state index contributed by atoms with van der Waals surface area (Å²) in [5.74, 6) is 2.16. The lowest BCUT2D eigenvalue weighted by atomic mass is 9.77. The van der Waals surface area contributed by atoms with Gasteiger partial charge >= 0.3 is 5.97 Å². The second-order valence-corrected chi connectivity index (χ2v) is 6.71. The Balaban J connectivity index is 2.06. The Hall–Kier alpha value is -1.05. The molecule has 2 unspecified atom stereocenters. The fourth-order valence-electron chi connectivity index (χ4n) is 3.63. The van der Waals surface area contributed by atoms with Crippen LogP contribution in [0, 0.1) is 17.8 Å². The summed E-state index contributed by atoms with van der Waals surface area (Å²) in [4.78, 5) is 12.5. The number of carbonyl (C=O) groups is 1. The highest BCUT2D eigenvalue weighted by atomic mass is 16.5. The van der Waals surface area contributed by atoms with Gasteiger partial charge in [-0.05, 0) is 62.0 Å². The van der Waals surface area contributed by atoms with Crippen molar-refractivity contribution in [1.82, 2.24) is 0 Å². The predicted octanol–water partition coefficient (Wildman–Crippen LogP) is 5.40. The lowest BCUT2D eigenvalue weighted by Gasteiger charge is -2.31. The lowest BCUT2D eigenvalue weighted by Crippen LogP contribution is -2.23. The number of esters is 1. The molecule has 0 saturated carbocycles. The van der Waals surface area contributed by atoms with E-state index in [1.807, 2.05) is 0 Å². The minimum absolute atomic E-state index is 0.00951. The second kappa shape index (κ2) is 7.82. The number of rotatable bonds is 6. The first-order valence-corrected chi connectivity index (χ1v) is 8.79. The first-order chi connectivity index (χ1) is 10.2. The molecule has 2 atom stereocenters. The lowest BCUT2D eigenvalue weighted by molar-refractivity contribution is -0.144. The van der Waals surface area contributed by atoms with E-state index in [1.165, 1.54) is 24.8 Å². The summed E-state index contributed by atoms with van der Waals surface area (Å²) in [5.41, 5.74) is 1.31. The zero-order valence-corrected chi connectivity index (χ0v) is 13.9. The minimum atomic E-state index is -0.00951. The number of carbonyl (C=O) groups excluding carboxylic acids is 1. The summed E-state index contributed by atoms with van der Waals surface area (Å²) in [6, 6.07) is 0. The first kappa shape index (κ1) is 16.3. The number of fused-ring (bicyclic) bond motifs is 1. The van der Waals surface area contributed by atoms with Crippen LogP contribution in [0.2, 0.25) is 0 Å².